The largest absolute Gasteiger partial charge is 0.337 e. The van der Waals surface area contributed by atoms with Crippen LogP contribution in [0.2, 0.25) is 0 Å². The van der Waals surface area contributed by atoms with Crippen LogP contribution in [-0.4, -0.2) is 33.9 Å². The van der Waals surface area contributed by atoms with E-state index >= 15 is 0 Å². The highest BCUT2D eigenvalue weighted by Crippen LogP contribution is 2.30. The molecule has 0 aliphatic heterocycles. The summed E-state index contributed by atoms with van der Waals surface area (Å²) in [6.45, 7) is 7.72. The Morgan fingerprint density at radius 3 is 2.80 bits per heavy atom. The van der Waals surface area contributed by atoms with E-state index in [2.05, 4.69) is 48.1 Å². The molecule has 0 bridgehead atoms. The molecule has 156 valence electrons. The van der Waals surface area contributed by atoms with Gasteiger partial charge in [-0.3, -0.25) is 9.59 Å². The van der Waals surface area contributed by atoms with Gasteiger partial charge < -0.3 is 9.88 Å². The number of amides is 1. The summed E-state index contributed by atoms with van der Waals surface area (Å²) in [4.78, 5) is 36.9. The fraction of sp³-hybridized carbons (Fsp3) is 0.364. The summed E-state index contributed by atoms with van der Waals surface area (Å²) >= 11 is 2.87. The lowest BCUT2D eigenvalue weighted by molar-refractivity contribution is 0.0750. The van der Waals surface area contributed by atoms with Crippen LogP contribution in [0.5, 0.6) is 0 Å². The number of thioether (sulfide) groups is 1. The molecule has 0 fully saturated rings. The Bertz CT molecular complexity index is 1210. The zero-order chi connectivity index (χ0) is 22.0. The van der Waals surface area contributed by atoms with Crippen LogP contribution in [0.4, 0.5) is 0 Å². The summed E-state index contributed by atoms with van der Waals surface area (Å²) in [5.74, 6) is 0.934. The van der Waals surface area contributed by atoms with E-state index in [9.17, 15) is 9.59 Å². The number of nitrogens with zero attached hydrogens (tertiary/aromatic N) is 3. The number of aryl methyl sites for hydroxylation is 3. The molecule has 2 heterocycles. The number of H-pyrrole nitrogens is 1. The Balaban J connectivity index is 1.91. The number of hydrogen-bond acceptors (Lipinski definition) is 6. The van der Waals surface area contributed by atoms with Gasteiger partial charge in [-0.25, -0.2) is 4.98 Å². The predicted octanol–water partition coefficient (Wildman–Crippen LogP) is 4.58. The number of carbonyl (C=O) groups is 1. The second-order valence-electron chi connectivity index (χ2n) is 7.43. The van der Waals surface area contributed by atoms with E-state index in [0.717, 1.165) is 4.90 Å². The lowest BCUT2D eigenvalue weighted by Crippen LogP contribution is -2.34. The third-order valence-electron chi connectivity index (χ3n) is 5.12. The molecule has 1 aromatic carbocycles. The fourth-order valence-corrected chi connectivity index (χ4v) is 5.28. The van der Waals surface area contributed by atoms with Gasteiger partial charge in [0.25, 0.3) is 11.5 Å². The van der Waals surface area contributed by atoms with E-state index in [4.69, 9.17) is 5.26 Å². The number of rotatable bonds is 6. The van der Waals surface area contributed by atoms with E-state index in [1.165, 1.54) is 22.5 Å². The molecular formula is C22H24N4O2S2. The Morgan fingerprint density at radius 2 is 2.10 bits per heavy atom. The number of thiophene rings is 1. The van der Waals surface area contributed by atoms with Gasteiger partial charge in [0.2, 0.25) is 0 Å². The molecule has 0 aliphatic carbocycles. The number of nitriles is 1. The maximum Gasteiger partial charge on any atom is 0.264 e. The van der Waals surface area contributed by atoms with Gasteiger partial charge in [-0.2, -0.15) is 5.26 Å². The van der Waals surface area contributed by atoms with Gasteiger partial charge in [-0.1, -0.05) is 17.7 Å². The Kier molecular flexibility index (Phi) is 6.64. The third kappa shape index (κ3) is 4.42. The van der Waals surface area contributed by atoms with E-state index < -0.39 is 0 Å². The van der Waals surface area contributed by atoms with Gasteiger partial charge in [0.05, 0.1) is 28.5 Å². The van der Waals surface area contributed by atoms with Crippen molar-refractivity contribution in [2.24, 2.45) is 0 Å². The monoisotopic (exact) mass is 440 g/mol. The standard InChI is InChI=1S/C22H24N4O2S2/c1-12-6-7-13(2)16(10-12)29-11-17-24-20(27)18-15(4)19(30-21(18)25-17)22(28)26(5)14(3)8-9-23/h6-7,10,14H,8,11H2,1-5H3,(H,24,25,27). The Hall–Kier alpha value is -2.63. The quantitative estimate of drug-likeness (QED) is 0.567. The van der Waals surface area contributed by atoms with Crippen molar-refractivity contribution in [1.82, 2.24) is 14.9 Å². The van der Waals surface area contributed by atoms with Gasteiger partial charge in [0, 0.05) is 18.0 Å². The molecule has 8 heteroatoms. The van der Waals surface area contributed by atoms with Crippen LogP contribution in [0, 0.1) is 32.1 Å². The molecule has 3 rings (SSSR count). The number of carbonyl (C=O) groups excluding carboxylic acids is 1. The first-order valence-corrected chi connectivity index (χ1v) is 11.4. The smallest absolute Gasteiger partial charge is 0.264 e. The number of nitrogens with one attached hydrogen (secondary N) is 1. The molecule has 0 saturated heterocycles. The number of aromatic nitrogens is 2. The molecule has 1 unspecified atom stereocenters. The van der Waals surface area contributed by atoms with Crippen molar-refractivity contribution in [3.63, 3.8) is 0 Å². The molecule has 1 amide bonds. The normalized spacial score (nSPS) is 12.0. The molecule has 0 saturated carbocycles. The molecule has 3 aromatic rings. The molecule has 0 radical (unpaired) electrons. The second-order valence-corrected chi connectivity index (χ2v) is 9.45. The number of benzene rings is 1. The van der Waals surface area contributed by atoms with E-state index in [1.807, 2.05) is 6.92 Å². The Labute approximate surface area is 183 Å². The van der Waals surface area contributed by atoms with Crippen molar-refractivity contribution in [3.8, 4) is 6.07 Å². The summed E-state index contributed by atoms with van der Waals surface area (Å²) in [7, 11) is 1.68. The first-order chi connectivity index (χ1) is 14.2. The minimum absolute atomic E-state index is 0.191. The fourth-order valence-electron chi connectivity index (χ4n) is 3.10. The minimum Gasteiger partial charge on any atom is -0.337 e. The average Bonchev–Trinajstić information content (AvgIpc) is 3.04. The van der Waals surface area contributed by atoms with Gasteiger partial charge in [-0.15, -0.1) is 23.1 Å². The van der Waals surface area contributed by atoms with Crippen LogP contribution in [0.3, 0.4) is 0 Å². The third-order valence-corrected chi connectivity index (χ3v) is 7.46. The van der Waals surface area contributed by atoms with Crippen LogP contribution < -0.4 is 5.56 Å². The van der Waals surface area contributed by atoms with E-state index in [1.54, 1.807) is 30.6 Å². The van der Waals surface area contributed by atoms with E-state index in [-0.39, 0.29) is 23.9 Å². The molecular weight excluding hydrogens is 416 g/mol. The molecule has 1 atom stereocenters. The highest BCUT2D eigenvalue weighted by molar-refractivity contribution is 7.98. The zero-order valence-corrected chi connectivity index (χ0v) is 19.3. The average molecular weight is 441 g/mol. The topological polar surface area (TPSA) is 89.8 Å². The molecule has 2 aromatic heterocycles. The van der Waals surface area contributed by atoms with Crippen molar-refractivity contribution in [2.45, 2.75) is 50.8 Å². The van der Waals surface area contributed by atoms with Gasteiger partial charge in [-0.05, 0) is 44.9 Å². The molecule has 1 N–H and O–H groups in total. The van der Waals surface area contributed by atoms with Crippen LogP contribution in [0.25, 0.3) is 10.2 Å². The second kappa shape index (κ2) is 9.02. The van der Waals surface area contributed by atoms with Crippen LogP contribution in [-0.2, 0) is 5.75 Å². The van der Waals surface area contributed by atoms with Gasteiger partial charge >= 0.3 is 0 Å². The lowest BCUT2D eigenvalue weighted by Gasteiger charge is -2.22. The number of hydrogen-bond donors (Lipinski definition) is 1. The molecule has 30 heavy (non-hydrogen) atoms. The van der Waals surface area contributed by atoms with Crippen molar-refractivity contribution in [3.05, 3.63) is 55.9 Å². The maximum absolute atomic E-state index is 12.9. The number of aromatic amines is 1. The predicted molar refractivity (Wildman–Crippen MR) is 122 cm³/mol. The highest BCUT2D eigenvalue weighted by Gasteiger charge is 2.24. The zero-order valence-electron chi connectivity index (χ0n) is 17.7. The highest BCUT2D eigenvalue weighted by atomic mass is 32.2. The van der Waals surface area contributed by atoms with E-state index in [0.29, 0.717) is 32.2 Å². The first kappa shape index (κ1) is 22.1. The summed E-state index contributed by atoms with van der Waals surface area (Å²) < 4.78 is 0. The number of fused-ring (bicyclic) bond motifs is 1. The van der Waals surface area contributed by atoms with Crippen LogP contribution in [0.1, 0.15) is 45.5 Å². The molecule has 0 spiro atoms. The summed E-state index contributed by atoms with van der Waals surface area (Å²) in [6, 6.07) is 8.17. The summed E-state index contributed by atoms with van der Waals surface area (Å²) in [6.07, 6.45) is 0.255. The van der Waals surface area contributed by atoms with Crippen molar-refractivity contribution in [1.29, 1.82) is 5.26 Å². The van der Waals surface area contributed by atoms with Crippen LogP contribution >= 0.6 is 23.1 Å². The summed E-state index contributed by atoms with van der Waals surface area (Å²) in [5.41, 5.74) is 2.78. The molecule has 6 nitrogen and oxygen atoms in total. The summed E-state index contributed by atoms with van der Waals surface area (Å²) in [5, 5.41) is 9.36. The maximum atomic E-state index is 12.9. The minimum atomic E-state index is -0.225. The first-order valence-electron chi connectivity index (χ1n) is 9.59. The van der Waals surface area contributed by atoms with Crippen molar-refractivity contribution in [2.75, 3.05) is 7.05 Å². The molecule has 0 aliphatic rings. The Morgan fingerprint density at radius 1 is 1.37 bits per heavy atom. The van der Waals surface area contributed by atoms with Crippen LogP contribution in [0.15, 0.2) is 27.9 Å². The van der Waals surface area contributed by atoms with Gasteiger partial charge in [0.1, 0.15) is 10.7 Å². The van der Waals surface area contributed by atoms with Crippen molar-refractivity contribution >= 4 is 39.2 Å². The van der Waals surface area contributed by atoms with Crippen molar-refractivity contribution < 1.29 is 4.79 Å². The lowest BCUT2D eigenvalue weighted by atomic mass is 10.1. The van der Waals surface area contributed by atoms with Gasteiger partial charge in [0.15, 0.2) is 0 Å². The SMILES string of the molecule is Cc1ccc(C)c(SCc2nc3sc(C(=O)N(C)C(C)CC#N)c(C)c3c(=O)[nH]2)c1.